The third-order valence-electron chi connectivity index (χ3n) is 3.90. The minimum atomic E-state index is 0.216. The van der Waals surface area contributed by atoms with Crippen LogP contribution in [0.5, 0.6) is 0 Å². The van der Waals surface area contributed by atoms with Gasteiger partial charge in [-0.3, -0.25) is 5.43 Å². The lowest BCUT2D eigenvalue weighted by Gasteiger charge is -2.55. The molecule has 15 heavy (non-hydrogen) atoms. The molecule has 2 atom stereocenters. The van der Waals surface area contributed by atoms with Crippen LogP contribution in [0.4, 0.5) is 0 Å². The van der Waals surface area contributed by atoms with Crippen LogP contribution in [-0.2, 0) is 0 Å². The van der Waals surface area contributed by atoms with Gasteiger partial charge in [0.1, 0.15) is 0 Å². The number of rotatable bonds is 2. The lowest BCUT2D eigenvalue weighted by Crippen LogP contribution is -2.48. The maximum absolute atomic E-state index is 5.29. The Bertz CT molecular complexity index is 344. The predicted octanol–water partition coefficient (Wildman–Crippen LogP) is 1.80. The van der Waals surface area contributed by atoms with Gasteiger partial charge in [0.2, 0.25) is 0 Å². The third kappa shape index (κ3) is 1.78. The molecule has 1 fully saturated rings. The zero-order chi connectivity index (χ0) is 11.1. The summed E-state index contributed by atoms with van der Waals surface area (Å²) < 4.78 is 0. The van der Waals surface area contributed by atoms with Gasteiger partial charge < -0.3 is 5.73 Å². The first-order valence-electron chi connectivity index (χ1n) is 5.30. The van der Waals surface area contributed by atoms with Gasteiger partial charge in [-0.2, -0.15) is 5.10 Å². The van der Waals surface area contributed by atoms with Crippen LogP contribution in [0.25, 0.3) is 0 Å². The van der Waals surface area contributed by atoms with E-state index in [2.05, 4.69) is 42.7 Å². The Hall–Kier alpha value is -0.900. The van der Waals surface area contributed by atoms with Crippen molar-refractivity contribution in [3.8, 4) is 0 Å². The van der Waals surface area contributed by atoms with Crippen LogP contribution in [0.3, 0.4) is 0 Å². The van der Waals surface area contributed by atoms with Crippen LogP contribution in [0.2, 0.25) is 0 Å². The SMILES string of the molecule is CC1(C)[C@H]2CC=C(/C=N\NC(N)=S)[C@@H]1C2. The Labute approximate surface area is 95.8 Å². The van der Waals surface area contributed by atoms with E-state index in [-0.39, 0.29) is 5.11 Å². The van der Waals surface area contributed by atoms with Crippen molar-refractivity contribution in [2.24, 2.45) is 28.1 Å². The molecular weight excluding hydrogens is 206 g/mol. The molecule has 0 saturated heterocycles. The van der Waals surface area contributed by atoms with Crippen LogP contribution in [-0.4, -0.2) is 11.3 Å². The molecule has 3 aliphatic rings. The van der Waals surface area contributed by atoms with Crippen molar-refractivity contribution < 1.29 is 0 Å². The lowest BCUT2D eigenvalue weighted by molar-refractivity contribution is -0.00126. The molecule has 3 nitrogen and oxygen atoms in total. The highest BCUT2D eigenvalue weighted by Crippen LogP contribution is 2.58. The number of hydrogen-bond donors (Lipinski definition) is 2. The Morgan fingerprint density at radius 3 is 3.00 bits per heavy atom. The van der Waals surface area contributed by atoms with Gasteiger partial charge in [-0.15, -0.1) is 0 Å². The highest BCUT2D eigenvalue weighted by atomic mass is 32.1. The van der Waals surface area contributed by atoms with E-state index in [9.17, 15) is 0 Å². The number of allylic oxidation sites excluding steroid dienone is 2. The zero-order valence-electron chi connectivity index (χ0n) is 9.16. The second kappa shape index (κ2) is 3.59. The summed E-state index contributed by atoms with van der Waals surface area (Å²) >= 11 is 4.68. The highest BCUT2D eigenvalue weighted by Gasteiger charge is 2.50. The van der Waals surface area contributed by atoms with E-state index in [0.717, 1.165) is 5.92 Å². The molecule has 0 aromatic heterocycles. The van der Waals surface area contributed by atoms with Gasteiger partial charge in [0.05, 0.1) is 6.21 Å². The lowest BCUT2D eigenvalue weighted by atomic mass is 9.49. The number of fused-ring (bicyclic) bond motifs is 1. The molecule has 82 valence electrons. The first kappa shape index (κ1) is 10.6. The normalized spacial score (nSPS) is 32.0. The van der Waals surface area contributed by atoms with Gasteiger partial charge >= 0.3 is 0 Å². The second-order valence-corrected chi connectivity index (χ2v) is 5.42. The number of hydrogen-bond acceptors (Lipinski definition) is 2. The fourth-order valence-electron chi connectivity index (χ4n) is 2.72. The van der Waals surface area contributed by atoms with Crippen molar-refractivity contribution in [1.82, 2.24) is 5.43 Å². The van der Waals surface area contributed by atoms with Crippen LogP contribution in [0, 0.1) is 17.3 Å². The summed E-state index contributed by atoms with van der Waals surface area (Å²) in [5.41, 5.74) is 9.66. The summed E-state index contributed by atoms with van der Waals surface area (Å²) in [6, 6.07) is 0. The van der Waals surface area contributed by atoms with Crippen LogP contribution in [0.1, 0.15) is 26.7 Å². The first-order chi connectivity index (χ1) is 7.01. The van der Waals surface area contributed by atoms with Crippen LogP contribution >= 0.6 is 12.2 Å². The maximum Gasteiger partial charge on any atom is 0.184 e. The summed E-state index contributed by atoms with van der Waals surface area (Å²) in [6.45, 7) is 4.68. The molecule has 0 amide bonds. The average molecular weight is 223 g/mol. The van der Waals surface area contributed by atoms with Crippen LogP contribution in [0.15, 0.2) is 16.8 Å². The fourth-order valence-corrected chi connectivity index (χ4v) is 2.77. The summed E-state index contributed by atoms with van der Waals surface area (Å²) in [5, 5.41) is 4.24. The number of nitrogens with one attached hydrogen (secondary N) is 1. The van der Waals surface area contributed by atoms with Gasteiger partial charge in [-0.25, -0.2) is 0 Å². The molecule has 0 heterocycles. The molecule has 0 spiro atoms. The number of nitrogens with two attached hydrogens (primary N) is 1. The molecule has 0 radical (unpaired) electrons. The summed E-state index contributed by atoms with van der Waals surface area (Å²) in [7, 11) is 0. The van der Waals surface area contributed by atoms with Gasteiger partial charge in [-0.05, 0) is 47.9 Å². The first-order valence-corrected chi connectivity index (χ1v) is 5.71. The minimum Gasteiger partial charge on any atom is -0.375 e. The Balaban J connectivity index is 2.02. The number of thiocarbonyl (C=S) groups is 1. The molecule has 0 aromatic carbocycles. The standard InChI is InChI=1S/C11H17N3S/c1-11(2)8-4-3-7(9(11)5-8)6-13-14-10(12)15/h3,6,8-9H,4-5H2,1-2H3,(H3,12,14,15)/b13-6-/t8-,9-/m0/s1. The van der Waals surface area contributed by atoms with Crippen molar-refractivity contribution in [2.75, 3.05) is 0 Å². The average Bonchev–Trinajstić information content (AvgIpc) is 2.17. The highest BCUT2D eigenvalue weighted by molar-refractivity contribution is 7.80. The van der Waals surface area contributed by atoms with Gasteiger partial charge in [0.25, 0.3) is 0 Å². The van der Waals surface area contributed by atoms with E-state index in [1.54, 1.807) is 0 Å². The summed E-state index contributed by atoms with van der Waals surface area (Å²) in [4.78, 5) is 0. The van der Waals surface area contributed by atoms with E-state index in [1.165, 1.54) is 18.4 Å². The Morgan fingerprint density at radius 1 is 1.73 bits per heavy atom. The Morgan fingerprint density at radius 2 is 2.47 bits per heavy atom. The van der Waals surface area contributed by atoms with Crippen molar-refractivity contribution in [2.45, 2.75) is 26.7 Å². The van der Waals surface area contributed by atoms with E-state index >= 15 is 0 Å². The van der Waals surface area contributed by atoms with E-state index in [0.29, 0.717) is 11.3 Å². The van der Waals surface area contributed by atoms with Crippen molar-refractivity contribution in [3.05, 3.63) is 11.6 Å². The number of nitrogens with zero attached hydrogens (tertiary/aromatic N) is 1. The molecule has 0 aromatic rings. The molecule has 4 heteroatoms. The molecule has 3 rings (SSSR count). The summed E-state index contributed by atoms with van der Waals surface area (Å²) in [5.74, 6) is 1.52. The molecule has 3 aliphatic carbocycles. The Kier molecular flexibility index (Phi) is 2.54. The van der Waals surface area contributed by atoms with E-state index in [4.69, 9.17) is 5.73 Å². The number of hydrazone groups is 1. The van der Waals surface area contributed by atoms with Crippen LogP contribution < -0.4 is 11.2 Å². The quantitative estimate of drug-likeness (QED) is 0.426. The molecular formula is C11H17N3S. The van der Waals surface area contributed by atoms with Crippen molar-refractivity contribution >= 4 is 23.5 Å². The second-order valence-electron chi connectivity index (χ2n) is 4.98. The van der Waals surface area contributed by atoms with E-state index < -0.39 is 0 Å². The zero-order valence-corrected chi connectivity index (χ0v) is 9.97. The maximum atomic E-state index is 5.29. The van der Waals surface area contributed by atoms with Crippen molar-refractivity contribution in [1.29, 1.82) is 0 Å². The largest absolute Gasteiger partial charge is 0.375 e. The molecule has 0 aliphatic heterocycles. The van der Waals surface area contributed by atoms with Crippen molar-refractivity contribution in [3.63, 3.8) is 0 Å². The monoisotopic (exact) mass is 223 g/mol. The van der Waals surface area contributed by atoms with Gasteiger partial charge in [0.15, 0.2) is 5.11 Å². The molecule has 3 N–H and O–H groups in total. The molecule has 0 unspecified atom stereocenters. The third-order valence-corrected chi connectivity index (χ3v) is 3.99. The molecule has 2 bridgehead atoms. The topological polar surface area (TPSA) is 50.4 Å². The fraction of sp³-hybridized carbons (Fsp3) is 0.636. The molecule has 1 saturated carbocycles. The van der Waals surface area contributed by atoms with Gasteiger partial charge in [-0.1, -0.05) is 19.9 Å². The summed E-state index contributed by atoms with van der Waals surface area (Å²) in [6.07, 6.45) is 6.63. The minimum absolute atomic E-state index is 0.216. The predicted molar refractivity (Wildman–Crippen MR) is 66.5 cm³/mol. The smallest absolute Gasteiger partial charge is 0.184 e. The van der Waals surface area contributed by atoms with Gasteiger partial charge in [0, 0.05) is 0 Å². The van der Waals surface area contributed by atoms with E-state index in [1.807, 2.05) is 6.21 Å².